The molecule has 0 radical (unpaired) electrons. The van der Waals surface area contributed by atoms with Crippen molar-refractivity contribution >= 4 is 17.9 Å². The summed E-state index contributed by atoms with van der Waals surface area (Å²) in [6.07, 6.45) is -6.64. The van der Waals surface area contributed by atoms with Gasteiger partial charge in [-0.15, -0.1) is 0 Å². The third-order valence-electron chi connectivity index (χ3n) is 7.09. The van der Waals surface area contributed by atoms with Gasteiger partial charge in [-0.2, -0.15) is 0 Å². The minimum absolute atomic E-state index is 0.0301. The molecule has 4 aromatic rings. The van der Waals surface area contributed by atoms with Crippen LogP contribution in [0.3, 0.4) is 0 Å². The van der Waals surface area contributed by atoms with Crippen LogP contribution in [0.1, 0.15) is 42.9 Å². The molecule has 0 aromatic heterocycles. The number of ether oxygens (including phenoxy) is 6. The highest BCUT2D eigenvalue weighted by Crippen LogP contribution is 2.37. The Kier molecular flexibility index (Phi) is 8.55. The average molecular weight is 581 g/mol. The second-order valence-electron chi connectivity index (χ2n) is 9.96. The van der Waals surface area contributed by atoms with Crippen molar-refractivity contribution in [2.75, 3.05) is 6.61 Å². The van der Waals surface area contributed by atoms with E-state index in [1.54, 1.807) is 91.0 Å². The molecule has 2 saturated heterocycles. The lowest BCUT2D eigenvalue weighted by atomic mass is 9.96. The van der Waals surface area contributed by atoms with Crippen LogP contribution in [0.4, 0.5) is 0 Å². The van der Waals surface area contributed by atoms with Gasteiger partial charge in [0.15, 0.2) is 12.4 Å². The number of rotatable bonds is 7. The minimum Gasteiger partial charge on any atom is -0.452 e. The summed E-state index contributed by atoms with van der Waals surface area (Å²) < 4.78 is 36.2. The van der Waals surface area contributed by atoms with Gasteiger partial charge in [0.2, 0.25) is 12.4 Å². The van der Waals surface area contributed by atoms with Crippen LogP contribution in [0.15, 0.2) is 121 Å². The van der Waals surface area contributed by atoms with E-state index < -0.39 is 54.9 Å². The van der Waals surface area contributed by atoms with Crippen LogP contribution in [-0.4, -0.2) is 55.2 Å². The fraction of sp³-hybridized carbons (Fsp3) is 0.206. The molecule has 9 nitrogen and oxygen atoms in total. The van der Waals surface area contributed by atoms with E-state index in [1.165, 1.54) is 0 Å². The summed E-state index contributed by atoms with van der Waals surface area (Å²) in [5.74, 6) is -2.11. The summed E-state index contributed by atoms with van der Waals surface area (Å²) in [6, 6.07) is 34.3. The molecule has 43 heavy (non-hydrogen) atoms. The Labute approximate surface area is 247 Å². The second-order valence-corrected chi connectivity index (χ2v) is 9.96. The molecule has 6 atom stereocenters. The molecule has 2 fully saturated rings. The molecule has 0 saturated carbocycles. The van der Waals surface area contributed by atoms with Gasteiger partial charge in [-0.1, -0.05) is 84.9 Å². The summed E-state index contributed by atoms with van der Waals surface area (Å²) >= 11 is 0. The van der Waals surface area contributed by atoms with E-state index in [0.29, 0.717) is 0 Å². The number of benzene rings is 4. The highest BCUT2D eigenvalue weighted by atomic mass is 16.8. The van der Waals surface area contributed by atoms with Crippen LogP contribution in [0.25, 0.3) is 0 Å². The van der Waals surface area contributed by atoms with Gasteiger partial charge in [-0.05, 0) is 36.4 Å². The van der Waals surface area contributed by atoms with Crippen LogP contribution < -0.4 is 0 Å². The van der Waals surface area contributed by atoms with E-state index >= 15 is 0 Å². The smallest absolute Gasteiger partial charge is 0.340 e. The van der Waals surface area contributed by atoms with E-state index in [1.807, 2.05) is 30.3 Å². The first-order valence-electron chi connectivity index (χ1n) is 13.8. The van der Waals surface area contributed by atoms with E-state index in [-0.39, 0.29) is 23.3 Å². The van der Waals surface area contributed by atoms with Gasteiger partial charge < -0.3 is 28.4 Å². The molecule has 218 valence electrons. The molecule has 1 unspecified atom stereocenters. The molecule has 0 N–H and O–H groups in total. The first-order chi connectivity index (χ1) is 21.1. The predicted molar refractivity (Wildman–Crippen MR) is 152 cm³/mol. The first-order valence-corrected chi connectivity index (χ1v) is 13.8. The van der Waals surface area contributed by atoms with Crippen molar-refractivity contribution < 1.29 is 42.8 Å². The molecule has 4 aromatic carbocycles. The van der Waals surface area contributed by atoms with Gasteiger partial charge >= 0.3 is 17.9 Å². The summed E-state index contributed by atoms with van der Waals surface area (Å²) in [4.78, 5) is 39.9. The monoisotopic (exact) mass is 580 g/mol. The standard InChI is InChI=1S/C34H28O9/c35-30(22-13-5-1-6-14-22)40-28-27-26(21-38-33(42-27)25-19-11-4-12-20-25)39-34(43-32(37)24-17-9-3-10-18-24)29(28)41-31(36)23-15-7-2-8-16-23/h1-20,26-29,33-34H,21H2/t26-,27-,28+,29+,33?,34-/m1/s1. The molecule has 0 spiro atoms. The van der Waals surface area contributed by atoms with Gasteiger partial charge in [-0.3, -0.25) is 0 Å². The van der Waals surface area contributed by atoms with Crippen molar-refractivity contribution in [3.63, 3.8) is 0 Å². The zero-order valence-corrected chi connectivity index (χ0v) is 22.9. The zero-order valence-electron chi connectivity index (χ0n) is 22.9. The van der Waals surface area contributed by atoms with E-state index in [9.17, 15) is 14.4 Å². The maximum atomic E-state index is 13.4. The summed E-state index contributed by atoms with van der Waals surface area (Å²) in [7, 11) is 0. The molecule has 6 rings (SSSR count). The lowest BCUT2D eigenvalue weighted by molar-refractivity contribution is -0.351. The van der Waals surface area contributed by atoms with Gasteiger partial charge in [-0.25, -0.2) is 14.4 Å². The van der Waals surface area contributed by atoms with Crippen LogP contribution in [-0.2, 0) is 28.4 Å². The van der Waals surface area contributed by atoms with Crippen LogP contribution in [0.5, 0.6) is 0 Å². The number of carbonyl (C=O) groups is 3. The van der Waals surface area contributed by atoms with Crippen molar-refractivity contribution in [1.29, 1.82) is 0 Å². The Balaban J connectivity index is 1.36. The normalized spacial score (nSPS) is 24.7. The summed E-state index contributed by atoms with van der Waals surface area (Å²) in [5, 5.41) is 0. The highest BCUT2D eigenvalue weighted by molar-refractivity contribution is 5.91. The number of esters is 3. The van der Waals surface area contributed by atoms with Crippen LogP contribution in [0.2, 0.25) is 0 Å². The van der Waals surface area contributed by atoms with Gasteiger partial charge in [0.05, 0.1) is 23.3 Å². The predicted octanol–water partition coefficient (Wildman–Crippen LogP) is 5.13. The maximum absolute atomic E-state index is 13.4. The third kappa shape index (κ3) is 6.49. The Bertz CT molecular complexity index is 1530. The van der Waals surface area contributed by atoms with Crippen molar-refractivity contribution in [2.45, 2.75) is 37.0 Å². The number of hydrogen-bond acceptors (Lipinski definition) is 9. The Morgan fingerprint density at radius 1 is 0.535 bits per heavy atom. The lowest BCUT2D eigenvalue weighted by Crippen LogP contribution is -2.64. The quantitative estimate of drug-likeness (QED) is 0.217. The van der Waals surface area contributed by atoms with Crippen LogP contribution >= 0.6 is 0 Å². The Morgan fingerprint density at radius 3 is 1.49 bits per heavy atom. The molecule has 2 aliphatic heterocycles. The number of carbonyl (C=O) groups excluding carboxylic acids is 3. The molecule has 9 heteroatoms. The van der Waals surface area contributed by atoms with Crippen molar-refractivity contribution in [1.82, 2.24) is 0 Å². The highest BCUT2D eigenvalue weighted by Gasteiger charge is 2.55. The first kappa shape index (κ1) is 28.3. The molecule has 0 aliphatic carbocycles. The van der Waals surface area contributed by atoms with E-state index in [4.69, 9.17) is 28.4 Å². The summed E-state index contributed by atoms with van der Waals surface area (Å²) in [5.41, 5.74) is 1.54. The average Bonchev–Trinajstić information content (AvgIpc) is 3.07. The molecular weight excluding hydrogens is 552 g/mol. The van der Waals surface area contributed by atoms with Crippen molar-refractivity contribution in [2.24, 2.45) is 0 Å². The molecule has 2 aliphatic rings. The number of fused-ring (bicyclic) bond motifs is 1. The minimum atomic E-state index is -1.45. The molecule has 0 bridgehead atoms. The lowest BCUT2D eigenvalue weighted by Gasteiger charge is -2.47. The maximum Gasteiger partial charge on any atom is 0.340 e. The summed E-state index contributed by atoms with van der Waals surface area (Å²) in [6.45, 7) is 0.0301. The fourth-order valence-corrected chi connectivity index (χ4v) is 4.96. The van der Waals surface area contributed by atoms with Crippen LogP contribution in [0, 0.1) is 0 Å². The molecule has 0 amide bonds. The van der Waals surface area contributed by atoms with Crippen molar-refractivity contribution in [3.05, 3.63) is 144 Å². The Hall–Kier alpha value is -4.83. The van der Waals surface area contributed by atoms with Crippen molar-refractivity contribution in [3.8, 4) is 0 Å². The zero-order chi connectivity index (χ0) is 29.6. The topological polar surface area (TPSA) is 107 Å². The Morgan fingerprint density at radius 2 is 0.977 bits per heavy atom. The van der Waals surface area contributed by atoms with E-state index in [0.717, 1.165) is 5.56 Å². The molecular formula is C34H28O9. The second kappa shape index (κ2) is 13.0. The van der Waals surface area contributed by atoms with Gasteiger partial charge in [0.1, 0.15) is 12.2 Å². The fourth-order valence-electron chi connectivity index (χ4n) is 4.96. The van der Waals surface area contributed by atoms with Gasteiger partial charge in [0.25, 0.3) is 0 Å². The largest absolute Gasteiger partial charge is 0.452 e. The SMILES string of the molecule is O=C(O[C@H]1O[C@@H]2COC(c3ccccc3)O[C@H]2[C@H](OC(=O)c2ccccc2)[C@@H]1OC(=O)c1ccccc1)c1ccccc1. The van der Waals surface area contributed by atoms with E-state index in [2.05, 4.69) is 0 Å². The number of hydrogen-bond donors (Lipinski definition) is 0. The third-order valence-corrected chi connectivity index (χ3v) is 7.09. The van der Waals surface area contributed by atoms with Gasteiger partial charge in [0, 0.05) is 5.56 Å². The molecule has 2 heterocycles.